The average molecular weight is 245 g/mol. The molecule has 5 nitrogen and oxygen atoms in total. The maximum absolute atomic E-state index is 11.6. The normalized spacial score (nSPS) is 10.3. The van der Waals surface area contributed by atoms with Crippen LogP contribution in [-0.4, -0.2) is 10.9 Å². The number of nitrogens with one attached hydrogen (secondary N) is 1. The molecule has 0 saturated carbocycles. The highest BCUT2D eigenvalue weighted by Gasteiger charge is 2.06. The Morgan fingerprint density at radius 2 is 2.11 bits per heavy atom. The lowest BCUT2D eigenvalue weighted by Crippen LogP contribution is -2.12. The number of benzene rings is 1. The van der Waals surface area contributed by atoms with E-state index in [1.165, 1.54) is 6.26 Å². The lowest BCUT2D eigenvalue weighted by atomic mass is 10.1. The van der Waals surface area contributed by atoms with E-state index in [-0.39, 0.29) is 11.9 Å². The first-order chi connectivity index (χ1) is 8.63. The summed E-state index contributed by atoms with van der Waals surface area (Å²) in [4.78, 5) is 15.6. The van der Waals surface area contributed by atoms with Gasteiger partial charge in [-0.2, -0.15) is 4.98 Å². The molecule has 0 radical (unpaired) electrons. The van der Waals surface area contributed by atoms with E-state index in [0.717, 1.165) is 16.9 Å². The van der Waals surface area contributed by atoms with Gasteiger partial charge < -0.3 is 10.2 Å². The highest BCUT2D eigenvalue weighted by molar-refractivity contribution is 5.88. The fourth-order valence-electron chi connectivity index (χ4n) is 1.54. The molecule has 0 aliphatic carbocycles. The molecule has 0 unspecified atom stereocenters. The third kappa shape index (κ3) is 3.35. The van der Waals surface area contributed by atoms with E-state index in [2.05, 4.69) is 10.3 Å². The first-order valence-electron chi connectivity index (χ1n) is 5.70. The van der Waals surface area contributed by atoms with Crippen molar-refractivity contribution in [2.24, 2.45) is 0 Å². The number of anilines is 2. The Balaban J connectivity index is 1.83. The SMILES string of the molecule is Cc1coc(NC(=O)CCc2ccc(N)cc2)n1. The topological polar surface area (TPSA) is 81.2 Å². The van der Waals surface area contributed by atoms with Gasteiger partial charge in [-0.1, -0.05) is 12.1 Å². The smallest absolute Gasteiger partial charge is 0.301 e. The lowest BCUT2D eigenvalue weighted by molar-refractivity contribution is -0.116. The van der Waals surface area contributed by atoms with Gasteiger partial charge in [0.15, 0.2) is 0 Å². The van der Waals surface area contributed by atoms with Gasteiger partial charge in [0.2, 0.25) is 5.91 Å². The maximum Gasteiger partial charge on any atom is 0.301 e. The van der Waals surface area contributed by atoms with Crippen LogP contribution in [0, 0.1) is 6.92 Å². The summed E-state index contributed by atoms with van der Waals surface area (Å²) in [6.07, 6.45) is 2.53. The van der Waals surface area contributed by atoms with Gasteiger partial charge in [0.1, 0.15) is 6.26 Å². The molecule has 2 aromatic rings. The van der Waals surface area contributed by atoms with E-state index in [9.17, 15) is 4.79 Å². The Bertz CT molecular complexity index is 531. The van der Waals surface area contributed by atoms with E-state index < -0.39 is 0 Å². The maximum atomic E-state index is 11.6. The van der Waals surface area contributed by atoms with E-state index in [1.54, 1.807) is 6.92 Å². The standard InChI is InChI=1S/C13H15N3O2/c1-9-8-18-13(15-9)16-12(17)7-4-10-2-5-11(14)6-3-10/h2-3,5-6,8H,4,7,14H2,1H3,(H,15,16,17). The van der Waals surface area contributed by atoms with Gasteiger partial charge in [0.25, 0.3) is 0 Å². The van der Waals surface area contributed by atoms with E-state index >= 15 is 0 Å². The Hall–Kier alpha value is -2.30. The molecule has 1 aromatic carbocycles. The summed E-state index contributed by atoms with van der Waals surface area (Å²) in [6.45, 7) is 1.80. The number of amides is 1. The number of rotatable bonds is 4. The zero-order valence-corrected chi connectivity index (χ0v) is 10.1. The molecule has 0 spiro atoms. The van der Waals surface area contributed by atoms with Gasteiger partial charge in [-0.3, -0.25) is 10.1 Å². The van der Waals surface area contributed by atoms with Crippen LogP contribution >= 0.6 is 0 Å². The second-order valence-electron chi connectivity index (χ2n) is 4.08. The van der Waals surface area contributed by atoms with Crippen LogP contribution in [-0.2, 0) is 11.2 Å². The van der Waals surface area contributed by atoms with Gasteiger partial charge >= 0.3 is 6.01 Å². The van der Waals surface area contributed by atoms with Gasteiger partial charge in [-0.15, -0.1) is 0 Å². The number of hydrogen-bond donors (Lipinski definition) is 2. The minimum Gasteiger partial charge on any atom is -0.432 e. The van der Waals surface area contributed by atoms with Gasteiger partial charge in [0.05, 0.1) is 5.69 Å². The van der Waals surface area contributed by atoms with Crippen molar-refractivity contribution in [2.45, 2.75) is 19.8 Å². The fraction of sp³-hybridized carbons (Fsp3) is 0.231. The zero-order chi connectivity index (χ0) is 13.0. The first kappa shape index (κ1) is 12.2. The molecule has 0 saturated heterocycles. The average Bonchev–Trinajstić information content (AvgIpc) is 2.74. The Morgan fingerprint density at radius 3 is 2.72 bits per heavy atom. The molecule has 0 aliphatic rings. The van der Waals surface area contributed by atoms with Crippen molar-refractivity contribution in [3.05, 3.63) is 41.8 Å². The van der Waals surface area contributed by atoms with Gasteiger partial charge in [-0.05, 0) is 31.0 Å². The molecular formula is C13H15N3O2. The number of aromatic nitrogens is 1. The molecule has 3 N–H and O–H groups in total. The molecule has 5 heteroatoms. The highest BCUT2D eigenvalue weighted by atomic mass is 16.4. The molecule has 2 rings (SSSR count). The fourth-order valence-corrected chi connectivity index (χ4v) is 1.54. The number of nitrogens with zero attached hydrogens (tertiary/aromatic N) is 1. The third-order valence-corrected chi connectivity index (χ3v) is 2.49. The number of carbonyl (C=O) groups is 1. The molecule has 1 amide bonds. The number of nitrogens with two attached hydrogens (primary N) is 1. The minimum atomic E-state index is -0.117. The quantitative estimate of drug-likeness (QED) is 0.808. The van der Waals surface area contributed by atoms with E-state index in [1.807, 2.05) is 24.3 Å². The Morgan fingerprint density at radius 1 is 1.39 bits per heavy atom. The molecule has 1 heterocycles. The molecular weight excluding hydrogens is 230 g/mol. The van der Waals surface area contributed by atoms with Crippen molar-refractivity contribution in [3.8, 4) is 0 Å². The molecule has 0 fully saturated rings. The lowest BCUT2D eigenvalue weighted by Gasteiger charge is -2.02. The van der Waals surface area contributed by atoms with Crippen molar-refractivity contribution < 1.29 is 9.21 Å². The molecule has 94 valence electrons. The molecule has 1 aromatic heterocycles. The van der Waals surface area contributed by atoms with Crippen molar-refractivity contribution >= 4 is 17.6 Å². The summed E-state index contributed by atoms with van der Waals surface area (Å²) in [5, 5.41) is 2.60. The van der Waals surface area contributed by atoms with Crippen molar-refractivity contribution in [1.82, 2.24) is 4.98 Å². The van der Waals surface area contributed by atoms with Crippen LogP contribution < -0.4 is 11.1 Å². The van der Waals surface area contributed by atoms with E-state index in [4.69, 9.17) is 10.2 Å². The van der Waals surface area contributed by atoms with Crippen LogP contribution in [0.25, 0.3) is 0 Å². The van der Waals surface area contributed by atoms with Crippen molar-refractivity contribution in [2.75, 3.05) is 11.1 Å². The Kier molecular flexibility index (Phi) is 3.62. The van der Waals surface area contributed by atoms with Crippen LogP contribution in [0.2, 0.25) is 0 Å². The summed E-state index contributed by atoms with van der Waals surface area (Å²) in [5.41, 5.74) is 8.12. The number of nitrogen functional groups attached to an aromatic ring is 1. The number of aryl methyl sites for hydroxylation is 2. The minimum absolute atomic E-state index is 0.117. The predicted octanol–water partition coefficient (Wildman–Crippen LogP) is 2.14. The second-order valence-corrected chi connectivity index (χ2v) is 4.08. The number of hydrogen-bond acceptors (Lipinski definition) is 4. The molecule has 18 heavy (non-hydrogen) atoms. The third-order valence-electron chi connectivity index (χ3n) is 2.49. The van der Waals surface area contributed by atoms with Gasteiger partial charge in [-0.25, -0.2) is 0 Å². The second kappa shape index (κ2) is 5.35. The van der Waals surface area contributed by atoms with Crippen LogP contribution in [0.5, 0.6) is 0 Å². The molecule has 0 aliphatic heterocycles. The summed E-state index contributed by atoms with van der Waals surface area (Å²) < 4.78 is 5.04. The van der Waals surface area contributed by atoms with Crippen LogP contribution in [0.1, 0.15) is 17.7 Å². The number of carbonyl (C=O) groups excluding carboxylic acids is 1. The number of oxazole rings is 1. The predicted molar refractivity (Wildman–Crippen MR) is 69.0 cm³/mol. The van der Waals surface area contributed by atoms with Crippen molar-refractivity contribution in [1.29, 1.82) is 0 Å². The van der Waals surface area contributed by atoms with Crippen LogP contribution in [0.4, 0.5) is 11.7 Å². The largest absolute Gasteiger partial charge is 0.432 e. The Labute approximate surface area is 105 Å². The molecule has 0 atom stereocenters. The van der Waals surface area contributed by atoms with Crippen molar-refractivity contribution in [3.63, 3.8) is 0 Å². The van der Waals surface area contributed by atoms with Gasteiger partial charge in [0, 0.05) is 12.1 Å². The molecule has 0 bridgehead atoms. The summed E-state index contributed by atoms with van der Waals surface area (Å²) in [5.74, 6) is -0.117. The summed E-state index contributed by atoms with van der Waals surface area (Å²) >= 11 is 0. The van der Waals surface area contributed by atoms with Crippen LogP contribution in [0.15, 0.2) is 34.9 Å². The summed E-state index contributed by atoms with van der Waals surface area (Å²) in [6, 6.07) is 7.72. The van der Waals surface area contributed by atoms with E-state index in [0.29, 0.717) is 12.8 Å². The highest BCUT2D eigenvalue weighted by Crippen LogP contribution is 2.10. The monoisotopic (exact) mass is 245 g/mol. The van der Waals surface area contributed by atoms with Crippen LogP contribution in [0.3, 0.4) is 0 Å². The zero-order valence-electron chi connectivity index (χ0n) is 10.1. The first-order valence-corrected chi connectivity index (χ1v) is 5.70. The summed E-state index contributed by atoms with van der Waals surface area (Å²) in [7, 11) is 0.